The van der Waals surface area contributed by atoms with Crippen molar-refractivity contribution in [2.24, 2.45) is 0 Å². The Kier molecular flexibility index (Phi) is 2.54. The maximum Gasteiger partial charge on any atom is 0.364 e. The molecule has 0 spiro atoms. The van der Waals surface area contributed by atoms with E-state index in [0.717, 1.165) is 25.9 Å². The van der Waals surface area contributed by atoms with Crippen molar-refractivity contribution in [2.45, 2.75) is 31.7 Å². The van der Waals surface area contributed by atoms with Crippen LogP contribution in [0.4, 0.5) is 4.39 Å². The number of piperidine rings is 1. The summed E-state index contributed by atoms with van der Waals surface area (Å²) in [6.45, 7) is 1.91. The molecule has 0 aromatic carbocycles. The summed E-state index contributed by atoms with van der Waals surface area (Å²) in [6.07, 6.45) is 3.43. The highest BCUT2D eigenvalue weighted by Crippen LogP contribution is 2.31. The molecule has 3 nitrogen and oxygen atoms in total. The van der Waals surface area contributed by atoms with Gasteiger partial charge in [-0.2, -0.15) is 4.39 Å². The summed E-state index contributed by atoms with van der Waals surface area (Å²) in [6, 6.07) is 0.392. The van der Waals surface area contributed by atoms with Crippen molar-refractivity contribution < 1.29 is 14.3 Å². The van der Waals surface area contributed by atoms with E-state index >= 15 is 0 Å². The molecule has 2 aliphatic heterocycles. The average molecular weight is 199 g/mol. The Balaban J connectivity index is 2.11. The van der Waals surface area contributed by atoms with Gasteiger partial charge in [-0.05, 0) is 37.8 Å². The third kappa shape index (κ3) is 1.66. The second-order valence-electron chi connectivity index (χ2n) is 4.01. The van der Waals surface area contributed by atoms with Crippen molar-refractivity contribution >= 4 is 5.97 Å². The van der Waals surface area contributed by atoms with Gasteiger partial charge in [-0.25, -0.2) is 4.79 Å². The lowest BCUT2D eigenvalue weighted by molar-refractivity contribution is -0.134. The zero-order valence-electron chi connectivity index (χ0n) is 8.00. The molecule has 0 aromatic rings. The molecule has 0 aliphatic carbocycles. The van der Waals surface area contributed by atoms with Crippen LogP contribution in [0, 0.1) is 0 Å². The number of nitrogens with zero attached hydrogens (tertiary/aromatic N) is 1. The number of hydrogen-bond donors (Lipinski definition) is 1. The quantitative estimate of drug-likeness (QED) is 0.651. The Morgan fingerprint density at radius 1 is 1.50 bits per heavy atom. The molecule has 2 rings (SSSR count). The summed E-state index contributed by atoms with van der Waals surface area (Å²) in [5, 5.41) is 8.53. The fourth-order valence-electron chi connectivity index (χ4n) is 2.44. The Labute approximate surface area is 82.2 Å². The molecule has 78 valence electrons. The van der Waals surface area contributed by atoms with Crippen LogP contribution in [0.15, 0.2) is 11.4 Å². The van der Waals surface area contributed by atoms with E-state index in [1.54, 1.807) is 0 Å². The molecule has 1 atom stereocenters. The average Bonchev–Trinajstić information content (AvgIpc) is 2.62. The highest BCUT2D eigenvalue weighted by atomic mass is 19.1. The molecule has 0 bridgehead atoms. The predicted octanol–water partition coefficient (Wildman–Crippen LogP) is 1.55. The van der Waals surface area contributed by atoms with E-state index in [2.05, 4.69) is 4.90 Å². The summed E-state index contributed by atoms with van der Waals surface area (Å²) in [5.74, 6) is -2.33. The van der Waals surface area contributed by atoms with Gasteiger partial charge in [0.15, 0.2) is 0 Å². The van der Waals surface area contributed by atoms with Crippen LogP contribution in [0.5, 0.6) is 0 Å². The fourth-order valence-corrected chi connectivity index (χ4v) is 2.44. The van der Waals surface area contributed by atoms with Gasteiger partial charge in [0.2, 0.25) is 5.83 Å². The molecule has 1 unspecified atom stereocenters. The summed E-state index contributed by atoms with van der Waals surface area (Å²) in [5.41, 5.74) is 0.501. The van der Waals surface area contributed by atoms with Crippen LogP contribution in [0.25, 0.3) is 0 Å². The van der Waals surface area contributed by atoms with E-state index in [1.807, 2.05) is 0 Å². The number of halogens is 1. The molecule has 0 radical (unpaired) electrons. The molecule has 1 N–H and O–H groups in total. The third-order valence-electron chi connectivity index (χ3n) is 3.18. The minimum atomic E-state index is -1.41. The van der Waals surface area contributed by atoms with Gasteiger partial charge in [-0.3, -0.25) is 4.90 Å². The van der Waals surface area contributed by atoms with E-state index in [4.69, 9.17) is 5.11 Å². The van der Waals surface area contributed by atoms with Crippen LogP contribution in [-0.4, -0.2) is 35.1 Å². The number of hydrogen-bond acceptors (Lipinski definition) is 2. The van der Waals surface area contributed by atoms with Crippen LogP contribution >= 0.6 is 0 Å². The first-order chi connectivity index (χ1) is 6.68. The van der Waals surface area contributed by atoms with Crippen LogP contribution < -0.4 is 0 Å². The Hall–Kier alpha value is -0.900. The second-order valence-corrected chi connectivity index (χ2v) is 4.01. The van der Waals surface area contributed by atoms with Gasteiger partial charge in [0.05, 0.1) is 0 Å². The zero-order chi connectivity index (χ0) is 10.1. The molecule has 2 aliphatic rings. The standard InChI is InChI=1S/C10H14FNO2/c11-9(10(13)14)7-3-5-12-4-1-2-8(12)6-7/h8H,1-6H2,(H,13,14)/b9-7+. The number of carbonyl (C=O) groups is 1. The first-order valence-corrected chi connectivity index (χ1v) is 5.03. The maximum absolute atomic E-state index is 13.1. The van der Waals surface area contributed by atoms with E-state index in [1.165, 1.54) is 0 Å². The Morgan fingerprint density at radius 3 is 3.00 bits per heavy atom. The first-order valence-electron chi connectivity index (χ1n) is 5.03. The maximum atomic E-state index is 13.1. The van der Waals surface area contributed by atoms with Gasteiger partial charge in [0, 0.05) is 12.6 Å². The second kappa shape index (κ2) is 3.69. The monoisotopic (exact) mass is 199 g/mol. The molecule has 2 saturated heterocycles. The van der Waals surface area contributed by atoms with Crippen LogP contribution in [0.1, 0.15) is 25.7 Å². The van der Waals surface area contributed by atoms with Crippen LogP contribution in [0.3, 0.4) is 0 Å². The van der Waals surface area contributed by atoms with Crippen molar-refractivity contribution in [3.63, 3.8) is 0 Å². The largest absolute Gasteiger partial charge is 0.476 e. The zero-order valence-corrected chi connectivity index (χ0v) is 8.00. The van der Waals surface area contributed by atoms with Crippen LogP contribution in [-0.2, 0) is 4.79 Å². The van der Waals surface area contributed by atoms with Crippen molar-refractivity contribution in [1.29, 1.82) is 0 Å². The number of fused-ring (bicyclic) bond motifs is 1. The van der Waals surface area contributed by atoms with Crippen molar-refractivity contribution in [3.8, 4) is 0 Å². The molecule has 0 amide bonds. The van der Waals surface area contributed by atoms with Crippen molar-refractivity contribution in [3.05, 3.63) is 11.4 Å². The molecule has 0 aromatic heterocycles. The van der Waals surface area contributed by atoms with Crippen molar-refractivity contribution in [1.82, 2.24) is 4.90 Å². The molecule has 0 saturated carbocycles. The molecule has 2 heterocycles. The third-order valence-corrected chi connectivity index (χ3v) is 3.18. The summed E-state index contributed by atoms with van der Waals surface area (Å²) in [4.78, 5) is 12.8. The lowest BCUT2D eigenvalue weighted by Crippen LogP contribution is -2.35. The number of aliphatic carboxylic acids is 1. The van der Waals surface area contributed by atoms with E-state index in [9.17, 15) is 9.18 Å². The number of carboxylic acid groups (broad SMARTS) is 1. The first kappa shape index (κ1) is 9.65. The number of rotatable bonds is 1. The van der Waals surface area contributed by atoms with E-state index in [0.29, 0.717) is 24.5 Å². The Bertz CT molecular complexity index is 288. The summed E-state index contributed by atoms with van der Waals surface area (Å²) >= 11 is 0. The van der Waals surface area contributed by atoms with E-state index < -0.39 is 11.8 Å². The van der Waals surface area contributed by atoms with Gasteiger partial charge in [-0.15, -0.1) is 0 Å². The van der Waals surface area contributed by atoms with Gasteiger partial charge in [0.1, 0.15) is 0 Å². The predicted molar refractivity (Wildman–Crippen MR) is 49.6 cm³/mol. The van der Waals surface area contributed by atoms with Gasteiger partial charge < -0.3 is 5.11 Å². The minimum absolute atomic E-state index is 0.392. The van der Waals surface area contributed by atoms with Gasteiger partial charge in [0.25, 0.3) is 0 Å². The Morgan fingerprint density at radius 2 is 2.29 bits per heavy atom. The van der Waals surface area contributed by atoms with E-state index in [-0.39, 0.29) is 0 Å². The summed E-state index contributed by atoms with van der Waals surface area (Å²) in [7, 11) is 0. The SMILES string of the molecule is O=C(O)/C(F)=C1/CCN2CCCC2C1. The highest BCUT2D eigenvalue weighted by molar-refractivity contribution is 5.84. The van der Waals surface area contributed by atoms with Crippen LogP contribution in [0.2, 0.25) is 0 Å². The number of carboxylic acids is 1. The lowest BCUT2D eigenvalue weighted by Gasteiger charge is -2.30. The molecule has 2 fully saturated rings. The smallest absolute Gasteiger partial charge is 0.364 e. The fraction of sp³-hybridized carbons (Fsp3) is 0.700. The van der Waals surface area contributed by atoms with Crippen molar-refractivity contribution in [2.75, 3.05) is 13.1 Å². The molecule has 4 heteroatoms. The molecule has 14 heavy (non-hydrogen) atoms. The normalized spacial score (nSPS) is 31.4. The van der Waals surface area contributed by atoms with Gasteiger partial charge in [-0.1, -0.05) is 0 Å². The molecular weight excluding hydrogens is 185 g/mol. The van der Waals surface area contributed by atoms with Gasteiger partial charge >= 0.3 is 5.97 Å². The minimum Gasteiger partial charge on any atom is -0.476 e. The topological polar surface area (TPSA) is 40.5 Å². The molecular formula is C10H14FNO2. The lowest BCUT2D eigenvalue weighted by atomic mass is 9.96. The highest BCUT2D eigenvalue weighted by Gasteiger charge is 2.31. The summed E-state index contributed by atoms with van der Waals surface area (Å²) < 4.78 is 13.1.